The predicted molar refractivity (Wildman–Crippen MR) is 76.1 cm³/mol. The van der Waals surface area contributed by atoms with Gasteiger partial charge < -0.3 is 9.64 Å². The minimum absolute atomic E-state index is 0.179. The predicted octanol–water partition coefficient (Wildman–Crippen LogP) is 0.671. The first-order chi connectivity index (χ1) is 10.3. The third kappa shape index (κ3) is 3.62. The second kappa shape index (κ2) is 6.43. The lowest BCUT2D eigenvalue weighted by Gasteiger charge is -2.25. The summed E-state index contributed by atoms with van der Waals surface area (Å²) in [4.78, 5) is 25.0. The Morgan fingerprint density at radius 2 is 2.05 bits per heavy atom. The van der Waals surface area contributed by atoms with E-state index in [9.17, 15) is 21.9 Å². The van der Waals surface area contributed by atoms with Crippen molar-refractivity contribution in [2.75, 3.05) is 13.7 Å². The largest absolute Gasteiger partial charge is 0.467 e. The van der Waals surface area contributed by atoms with Crippen LogP contribution in [0, 0.1) is 0 Å². The smallest absolute Gasteiger partial charge is 0.328 e. The highest BCUT2D eigenvalue weighted by molar-refractivity contribution is 7.87. The van der Waals surface area contributed by atoms with Gasteiger partial charge in [-0.3, -0.25) is 4.79 Å². The zero-order valence-electron chi connectivity index (χ0n) is 11.9. The van der Waals surface area contributed by atoms with Gasteiger partial charge in [-0.15, -0.1) is 3.89 Å². The van der Waals surface area contributed by atoms with E-state index in [1.54, 1.807) is 24.3 Å². The number of carbonyl (C=O) groups excluding carboxylic acids is 2. The van der Waals surface area contributed by atoms with Crippen molar-refractivity contribution in [3.05, 3.63) is 35.9 Å². The van der Waals surface area contributed by atoms with Crippen molar-refractivity contribution >= 4 is 22.1 Å². The zero-order valence-corrected chi connectivity index (χ0v) is 12.8. The van der Waals surface area contributed by atoms with Crippen LogP contribution >= 0.6 is 0 Å². The quantitative estimate of drug-likeness (QED) is 0.586. The molecule has 2 atom stereocenters. The summed E-state index contributed by atoms with van der Waals surface area (Å²) in [7, 11) is -3.64. The van der Waals surface area contributed by atoms with Gasteiger partial charge >= 0.3 is 16.2 Å². The maximum atomic E-state index is 13.1. The molecule has 0 aliphatic carbocycles. The van der Waals surface area contributed by atoms with Crippen molar-refractivity contribution in [1.29, 1.82) is 0 Å². The van der Waals surface area contributed by atoms with Crippen LogP contribution in [0.25, 0.3) is 0 Å². The lowest BCUT2D eigenvalue weighted by atomic mass is 10.0. The van der Waals surface area contributed by atoms with E-state index in [1.165, 1.54) is 7.11 Å². The minimum atomic E-state index is -4.82. The molecule has 6 nitrogen and oxygen atoms in total. The van der Waals surface area contributed by atoms with E-state index in [-0.39, 0.29) is 13.0 Å². The molecule has 0 spiro atoms. The van der Waals surface area contributed by atoms with E-state index in [0.717, 1.165) is 10.5 Å². The Hall–Kier alpha value is -1.96. The van der Waals surface area contributed by atoms with Crippen LogP contribution in [0.15, 0.2) is 30.3 Å². The topological polar surface area (TPSA) is 80.8 Å². The fourth-order valence-electron chi connectivity index (χ4n) is 2.48. The highest BCUT2D eigenvalue weighted by Crippen LogP contribution is 2.24. The molecule has 0 radical (unpaired) electrons. The van der Waals surface area contributed by atoms with Crippen LogP contribution in [0.5, 0.6) is 0 Å². The molecule has 1 saturated heterocycles. The molecule has 0 saturated carbocycles. The third-order valence-corrected chi connectivity index (χ3v) is 4.75. The molecule has 0 N–H and O–H groups in total. The molecule has 1 heterocycles. The number of esters is 1. The monoisotopic (exact) mass is 329 g/mol. The second-order valence-electron chi connectivity index (χ2n) is 5.08. The number of halogens is 1. The lowest BCUT2D eigenvalue weighted by Crippen LogP contribution is -2.44. The number of ether oxygens (including phenoxy) is 1. The highest BCUT2D eigenvalue weighted by atomic mass is 32.3. The fourth-order valence-corrected chi connectivity index (χ4v) is 3.16. The SMILES string of the molecule is COC(=O)[C@@H](Cc1ccccc1)N1CC(S(=O)(=O)F)CC1=O. The summed E-state index contributed by atoms with van der Waals surface area (Å²) in [5.41, 5.74) is 0.789. The number of benzene rings is 1. The Labute approximate surface area is 128 Å². The number of likely N-dealkylation sites (tertiary alicyclic amines) is 1. The van der Waals surface area contributed by atoms with Crippen LogP contribution in [-0.2, 0) is 31.0 Å². The molecule has 1 fully saturated rings. The molecular formula is C14H16FNO5S. The van der Waals surface area contributed by atoms with Crippen LogP contribution in [0.4, 0.5) is 3.89 Å². The summed E-state index contributed by atoms with van der Waals surface area (Å²) in [6.07, 6.45) is -0.278. The molecule has 0 aromatic heterocycles. The molecule has 22 heavy (non-hydrogen) atoms. The number of carbonyl (C=O) groups is 2. The van der Waals surface area contributed by atoms with Crippen molar-refractivity contribution in [2.45, 2.75) is 24.1 Å². The summed E-state index contributed by atoms with van der Waals surface area (Å²) in [5.74, 6) is -1.23. The molecular weight excluding hydrogens is 313 g/mol. The third-order valence-electron chi connectivity index (χ3n) is 3.64. The second-order valence-corrected chi connectivity index (χ2v) is 6.69. The van der Waals surface area contributed by atoms with E-state index in [1.807, 2.05) is 6.07 Å². The molecule has 1 unspecified atom stereocenters. The molecule has 120 valence electrons. The average molecular weight is 329 g/mol. The van der Waals surface area contributed by atoms with Gasteiger partial charge in [-0.25, -0.2) is 4.79 Å². The molecule has 1 aromatic rings. The first kappa shape index (κ1) is 16.4. The standard InChI is InChI=1S/C14H16FNO5S/c1-21-14(18)12(7-10-5-3-2-4-6-10)16-9-11(8-13(16)17)22(15,19)20/h2-6,11-12H,7-9H2,1H3/t11?,12-/m1/s1. The highest BCUT2D eigenvalue weighted by Gasteiger charge is 2.43. The maximum absolute atomic E-state index is 13.1. The summed E-state index contributed by atoms with van der Waals surface area (Å²) in [6.45, 7) is -0.343. The van der Waals surface area contributed by atoms with Gasteiger partial charge in [-0.2, -0.15) is 8.42 Å². The Balaban J connectivity index is 2.23. The Bertz CT molecular complexity index is 661. The van der Waals surface area contributed by atoms with Crippen molar-refractivity contribution in [3.8, 4) is 0 Å². The van der Waals surface area contributed by atoms with Gasteiger partial charge in [-0.05, 0) is 5.56 Å². The van der Waals surface area contributed by atoms with Gasteiger partial charge in [0, 0.05) is 19.4 Å². The summed E-state index contributed by atoms with van der Waals surface area (Å²) in [6, 6.07) is 7.96. The van der Waals surface area contributed by atoms with Crippen molar-refractivity contribution in [1.82, 2.24) is 4.90 Å². The molecule has 1 aliphatic rings. The number of amides is 1. The average Bonchev–Trinajstić information content (AvgIpc) is 2.87. The van der Waals surface area contributed by atoms with E-state index in [2.05, 4.69) is 0 Å². The van der Waals surface area contributed by atoms with Gasteiger partial charge in [0.25, 0.3) is 0 Å². The van der Waals surface area contributed by atoms with Crippen molar-refractivity contribution in [3.63, 3.8) is 0 Å². The van der Waals surface area contributed by atoms with Gasteiger partial charge in [0.15, 0.2) is 0 Å². The Kier molecular flexibility index (Phi) is 4.80. The van der Waals surface area contributed by atoms with Crippen LogP contribution in [-0.4, -0.2) is 50.1 Å². The fraction of sp³-hybridized carbons (Fsp3) is 0.429. The first-order valence-electron chi connectivity index (χ1n) is 6.67. The van der Waals surface area contributed by atoms with Crippen molar-refractivity contribution in [2.24, 2.45) is 0 Å². The number of hydrogen-bond donors (Lipinski definition) is 0. The summed E-state index contributed by atoms with van der Waals surface area (Å²) < 4.78 is 39.7. The van der Waals surface area contributed by atoms with Crippen LogP contribution in [0.3, 0.4) is 0 Å². The van der Waals surface area contributed by atoms with Gasteiger partial charge in [-0.1, -0.05) is 30.3 Å². The van der Waals surface area contributed by atoms with Gasteiger partial charge in [0.1, 0.15) is 11.3 Å². The molecule has 1 aromatic carbocycles. The Morgan fingerprint density at radius 1 is 1.41 bits per heavy atom. The summed E-state index contributed by atoms with van der Waals surface area (Å²) in [5, 5.41) is -1.43. The number of hydrogen-bond acceptors (Lipinski definition) is 5. The van der Waals surface area contributed by atoms with Gasteiger partial charge in [0.2, 0.25) is 5.91 Å². The summed E-state index contributed by atoms with van der Waals surface area (Å²) >= 11 is 0. The number of methoxy groups -OCH3 is 1. The van der Waals surface area contributed by atoms with E-state index in [4.69, 9.17) is 4.74 Å². The lowest BCUT2D eigenvalue weighted by molar-refractivity contribution is -0.151. The van der Waals surface area contributed by atoms with E-state index < -0.39 is 39.8 Å². The van der Waals surface area contributed by atoms with Crippen LogP contribution in [0.1, 0.15) is 12.0 Å². The van der Waals surface area contributed by atoms with Crippen LogP contribution < -0.4 is 0 Å². The van der Waals surface area contributed by atoms with E-state index in [0.29, 0.717) is 0 Å². The van der Waals surface area contributed by atoms with Gasteiger partial charge in [0.05, 0.1) is 7.11 Å². The normalized spacial score (nSPS) is 20.0. The van der Waals surface area contributed by atoms with Crippen LogP contribution in [0.2, 0.25) is 0 Å². The first-order valence-corrected chi connectivity index (χ1v) is 8.12. The number of nitrogens with zero attached hydrogens (tertiary/aromatic N) is 1. The van der Waals surface area contributed by atoms with E-state index >= 15 is 0 Å². The molecule has 8 heteroatoms. The molecule has 0 bridgehead atoms. The maximum Gasteiger partial charge on any atom is 0.328 e. The molecule has 2 rings (SSSR count). The van der Waals surface area contributed by atoms with Crippen molar-refractivity contribution < 1.29 is 26.6 Å². The molecule has 1 amide bonds. The zero-order chi connectivity index (χ0) is 16.3. The Morgan fingerprint density at radius 3 is 2.55 bits per heavy atom. The molecule has 1 aliphatic heterocycles. The number of rotatable bonds is 5. The minimum Gasteiger partial charge on any atom is -0.467 e.